The Hall–Kier alpha value is -0.570. The van der Waals surface area contributed by atoms with Crippen LogP contribution in [0.5, 0.6) is 0 Å². The van der Waals surface area contributed by atoms with Crippen molar-refractivity contribution in [3.63, 3.8) is 0 Å². The molecule has 0 atom stereocenters. The Labute approximate surface area is 80.1 Å². The maximum absolute atomic E-state index is 10.4. The molecule has 0 unspecified atom stereocenters. The molecule has 0 aromatic heterocycles. The van der Waals surface area contributed by atoms with Gasteiger partial charge in [0.15, 0.2) is 0 Å². The molecule has 0 aliphatic carbocycles. The number of likely N-dealkylation sites (tertiary alicyclic amines) is 1. The lowest BCUT2D eigenvalue weighted by atomic mass is 10.3. The van der Waals surface area contributed by atoms with Gasteiger partial charge in [-0.15, -0.1) is 0 Å². The monoisotopic (exact) mass is 185 g/mol. The number of unbranched alkanes of at least 4 members (excludes halogenated alkanes) is 1. The number of nitrogens with zero attached hydrogens (tertiary/aromatic N) is 1. The van der Waals surface area contributed by atoms with E-state index in [2.05, 4.69) is 4.90 Å². The van der Waals surface area contributed by atoms with Crippen LogP contribution in [0.15, 0.2) is 0 Å². The number of hydrogen-bond donors (Lipinski definition) is 0. The van der Waals surface area contributed by atoms with E-state index in [1.165, 1.54) is 39.4 Å². The van der Waals surface area contributed by atoms with Gasteiger partial charge in [-0.3, -0.25) is 4.79 Å². The lowest BCUT2D eigenvalue weighted by Crippen LogP contribution is -2.20. The molecule has 76 valence electrons. The Kier molecular flexibility index (Phi) is 4.83. The first-order valence-corrected chi connectivity index (χ1v) is 5.15. The zero-order valence-electron chi connectivity index (χ0n) is 8.42. The third kappa shape index (κ3) is 4.88. The first-order chi connectivity index (χ1) is 6.29. The highest BCUT2D eigenvalue weighted by molar-refractivity contribution is 5.65. The van der Waals surface area contributed by atoms with E-state index in [0.29, 0.717) is 6.61 Å². The van der Waals surface area contributed by atoms with Gasteiger partial charge in [0.05, 0.1) is 6.61 Å². The van der Waals surface area contributed by atoms with Crippen LogP contribution in [0.25, 0.3) is 0 Å². The van der Waals surface area contributed by atoms with E-state index >= 15 is 0 Å². The van der Waals surface area contributed by atoms with E-state index in [1.807, 2.05) is 0 Å². The smallest absolute Gasteiger partial charge is 0.302 e. The minimum atomic E-state index is -0.166. The summed E-state index contributed by atoms with van der Waals surface area (Å²) < 4.78 is 4.85. The summed E-state index contributed by atoms with van der Waals surface area (Å²) >= 11 is 0. The first-order valence-electron chi connectivity index (χ1n) is 5.15. The van der Waals surface area contributed by atoms with Crippen molar-refractivity contribution in [2.24, 2.45) is 0 Å². The molecule has 0 saturated carbocycles. The predicted octanol–water partition coefficient (Wildman–Crippen LogP) is 1.43. The van der Waals surface area contributed by atoms with Gasteiger partial charge in [0.1, 0.15) is 0 Å². The number of carbonyl (C=O) groups excluding carboxylic acids is 1. The molecule has 1 aliphatic heterocycles. The van der Waals surface area contributed by atoms with E-state index in [9.17, 15) is 4.79 Å². The molecule has 1 rings (SSSR count). The topological polar surface area (TPSA) is 29.5 Å². The summed E-state index contributed by atoms with van der Waals surface area (Å²) in [6.07, 6.45) is 4.84. The Morgan fingerprint density at radius 1 is 1.31 bits per heavy atom. The standard InChI is InChI=1S/C10H19NO2/c1-10(12)13-9-5-4-8-11-6-2-3-7-11/h2-9H2,1H3. The molecule has 3 nitrogen and oxygen atoms in total. The molecule has 13 heavy (non-hydrogen) atoms. The van der Waals surface area contributed by atoms with Crippen molar-refractivity contribution in [1.29, 1.82) is 0 Å². The number of esters is 1. The Balaban J connectivity index is 1.86. The predicted molar refractivity (Wildman–Crippen MR) is 51.5 cm³/mol. The van der Waals surface area contributed by atoms with Crippen LogP contribution in [0.3, 0.4) is 0 Å². The van der Waals surface area contributed by atoms with Crippen molar-refractivity contribution >= 4 is 5.97 Å². The molecule has 0 bridgehead atoms. The molecule has 0 aromatic carbocycles. The summed E-state index contributed by atoms with van der Waals surface area (Å²) in [5, 5.41) is 0. The van der Waals surface area contributed by atoms with Gasteiger partial charge in [-0.1, -0.05) is 0 Å². The lowest BCUT2D eigenvalue weighted by Gasteiger charge is -2.13. The normalized spacial score (nSPS) is 17.6. The van der Waals surface area contributed by atoms with Crippen LogP contribution in [0.4, 0.5) is 0 Å². The molecular formula is C10H19NO2. The van der Waals surface area contributed by atoms with Crippen LogP contribution >= 0.6 is 0 Å². The molecule has 0 aromatic rings. The second kappa shape index (κ2) is 5.97. The fraction of sp³-hybridized carbons (Fsp3) is 0.900. The maximum Gasteiger partial charge on any atom is 0.302 e. The summed E-state index contributed by atoms with van der Waals surface area (Å²) in [6, 6.07) is 0. The van der Waals surface area contributed by atoms with Crippen molar-refractivity contribution in [2.45, 2.75) is 32.6 Å². The molecule has 0 spiro atoms. The van der Waals surface area contributed by atoms with Gasteiger partial charge in [-0.2, -0.15) is 0 Å². The van der Waals surface area contributed by atoms with Gasteiger partial charge < -0.3 is 9.64 Å². The third-order valence-electron chi connectivity index (χ3n) is 2.37. The number of rotatable bonds is 5. The Morgan fingerprint density at radius 2 is 2.00 bits per heavy atom. The maximum atomic E-state index is 10.4. The fourth-order valence-corrected chi connectivity index (χ4v) is 1.66. The average molecular weight is 185 g/mol. The number of carbonyl (C=O) groups is 1. The quantitative estimate of drug-likeness (QED) is 0.479. The molecule has 0 N–H and O–H groups in total. The van der Waals surface area contributed by atoms with Crippen LogP contribution in [-0.2, 0) is 9.53 Å². The summed E-state index contributed by atoms with van der Waals surface area (Å²) in [4.78, 5) is 12.9. The first kappa shape index (κ1) is 10.5. The van der Waals surface area contributed by atoms with Gasteiger partial charge in [0.2, 0.25) is 0 Å². The zero-order chi connectivity index (χ0) is 9.52. The molecule has 1 aliphatic rings. The van der Waals surface area contributed by atoms with Crippen molar-refractivity contribution in [3.8, 4) is 0 Å². The van der Waals surface area contributed by atoms with Crippen molar-refractivity contribution in [3.05, 3.63) is 0 Å². The Bertz CT molecular complexity index is 153. The van der Waals surface area contributed by atoms with Crippen LogP contribution in [-0.4, -0.2) is 37.1 Å². The summed E-state index contributed by atoms with van der Waals surface area (Å²) in [5.41, 5.74) is 0. The van der Waals surface area contributed by atoms with Crippen molar-refractivity contribution in [1.82, 2.24) is 4.90 Å². The second-order valence-corrected chi connectivity index (χ2v) is 3.60. The number of ether oxygens (including phenoxy) is 1. The SMILES string of the molecule is CC(=O)OCCCCN1CCCC1. The molecule has 1 heterocycles. The van der Waals surface area contributed by atoms with E-state index in [4.69, 9.17) is 4.74 Å². The highest BCUT2D eigenvalue weighted by Gasteiger charge is 2.09. The van der Waals surface area contributed by atoms with E-state index in [0.717, 1.165) is 12.8 Å². The summed E-state index contributed by atoms with van der Waals surface area (Å²) in [5.74, 6) is -0.166. The molecule has 0 radical (unpaired) electrons. The van der Waals surface area contributed by atoms with Crippen LogP contribution in [0.1, 0.15) is 32.6 Å². The Morgan fingerprint density at radius 3 is 2.62 bits per heavy atom. The second-order valence-electron chi connectivity index (χ2n) is 3.60. The van der Waals surface area contributed by atoms with Gasteiger partial charge in [-0.05, 0) is 45.3 Å². The molecule has 0 amide bonds. The summed E-state index contributed by atoms with van der Waals surface area (Å²) in [6.45, 7) is 5.73. The van der Waals surface area contributed by atoms with Crippen LogP contribution < -0.4 is 0 Å². The van der Waals surface area contributed by atoms with Crippen LogP contribution in [0.2, 0.25) is 0 Å². The minimum absolute atomic E-state index is 0.166. The summed E-state index contributed by atoms with van der Waals surface area (Å²) in [7, 11) is 0. The molecule has 3 heteroatoms. The molecule has 1 fully saturated rings. The van der Waals surface area contributed by atoms with E-state index in [-0.39, 0.29) is 5.97 Å². The highest BCUT2D eigenvalue weighted by Crippen LogP contribution is 2.08. The fourth-order valence-electron chi connectivity index (χ4n) is 1.66. The van der Waals surface area contributed by atoms with Gasteiger partial charge in [-0.25, -0.2) is 0 Å². The lowest BCUT2D eigenvalue weighted by molar-refractivity contribution is -0.141. The van der Waals surface area contributed by atoms with Crippen LogP contribution in [0, 0.1) is 0 Å². The minimum Gasteiger partial charge on any atom is -0.466 e. The third-order valence-corrected chi connectivity index (χ3v) is 2.37. The van der Waals surface area contributed by atoms with Gasteiger partial charge >= 0.3 is 5.97 Å². The largest absolute Gasteiger partial charge is 0.466 e. The van der Waals surface area contributed by atoms with E-state index < -0.39 is 0 Å². The van der Waals surface area contributed by atoms with Crippen molar-refractivity contribution in [2.75, 3.05) is 26.2 Å². The average Bonchev–Trinajstić information content (AvgIpc) is 2.55. The molecular weight excluding hydrogens is 166 g/mol. The molecule has 1 saturated heterocycles. The van der Waals surface area contributed by atoms with Gasteiger partial charge in [0, 0.05) is 6.92 Å². The number of hydrogen-bond acceptors (Lipinski definition) is 3. The van der Waals surface area contributed by atoms with E-state index in [1.54, 1.807) is 0 Å². The van der Waals surface area contributed by atoms with Gasteiger partial charge in [0.25, 0.3) is 0 Å². The zero-order valence-corrected chi connectivity index (χ0v) is 8.42. The van der Waals surface area contributed by atoms with Crippen molar-refractivity contribution < 1.29 is 9.53 Å². The highest BCUT2D eigenvalue weighted by atomic mass is 16.5.